The van der Waals surface area contributed by atoms with Crippen molar-refractivity contribution in [2.75, 3.05) is 0 Å². The van der Waals surface area contributed by atoms with Crippen molar-refractivity contribution in [3.63, 3.8) is 0 Å². The molecule has 1 saturated carbocycles. The third-order valence-corrected chi connectivity index (χ3v) is 5.34. The van der Waals surface area contributed by atoms with Gasteiger partial charge in [0.15, 0.2) is 0 Å². The molecule has 3 rings (SSSR count). The van der Waals surface area contributed by atoms with Gasteiger partial charge in [0.05, 0.1) is 0 Å². The summed E-state index contributed by atoms with van der Waals surface area (Å²) in [6, 6.07) is 6.73. The van der Waals surface area contributed by atoms with E-state index < -0.39 is 0 Å². The molecule has 1 fully saturated rings. The smallest absolute Gasteiger partial charge is 0.0210 e. The van der Waals surface area contributed by atoms with Crippen molar-refractivity contribution in [2.24, 2.45) is 5.41 Å². The highest BCUT2D eigenvalue weighted by Gasteiger charge is 2.35. The second-order valence-electron chi connectivity index (χ2n) is 5.61. The molecule has 86 valence electrons. The van der Waals surface area contributed by atoms with E-state index >= 15 is 0 Å². The third-order valence-electron chi connectivity index (χ3n) is 4.60. The van der Waals surface area contributed by atoms with Crippen molar-refractivity contribution in [3.05, 3.63) is 33.8 Å². The molecule has 0 nitrogen and oxygen atoms in total. The number of fused-ring (bicyclic) bond motifs is 1. The standard InChI is InChI=1S/C15H19Br/c16-14-6-4-5-12-11-15(10-7-13(12)14)8-2-1-3-9-15/h4-6H,1-3,7-11H2. The lowest BCUT2D eigenvalue weighted by Gasteiger charge is -2.41. The van der Waals surface area contributed by atoms with Gasteiger partial charge >= 0.3 is 0 Å². The summed E-state index contributed by atoms with van der Waals surface area (Å²) in [7, 11) is 0. The molecule has 16 heavy (non-hydrogen) atoms. The molecule has 1 heteroatoms. The van der Waals surface area contributed by atoms with Crippen molar-refractivity contribution in [3.8, 4) is 0 Å². The molecule has 0 aromatic heterocycles. The molecule has 0 bridgehead atoms. The van der Waals surface area contributed by atoms with E-state index in [1.54, 1.807) is 11.1 Å². The number of rotatable bonds is 0. The predicted molar refractivity (Wildman–Crippen MR) is 71.7 cm³/mol. The average molecular weight is 279 g/mol. The van der Waals surface area contributed by atoms with Crippen LogP contribution in [-0.4, -0.2) is 0 Å². The Kier molecular flexibility index (Phi) is 2.83. The largest absolute Gasteiger partial charge is 0.0609 e. The van der Waals surface area contributed by atoms with E-state index in [4.69, 9.17) is 0 Å². The maximum Gasteiger partial charge on any atom is 0.0210 e. The summed E-state index contributed by atoms with van der Waals surface area (Å²) in [6.07, 6.45) is 11.4. The Morgan fingerprint density at radius 3 is 2.62 bits per heavy atom. The van der Waals surface area contributed by atoms with E-state index in [1.165, 1.54) is 55.8 Å². The molecule has 0 heterocycles. The SMILES string of the molecule is Brc1cccc2c1CCC1(CCCCC1)C2. The molecule has 1 spiro atoms. The lowest BCUT2D eigenvalue weighted by molar-refractivity contribution is 0.162. The average Bonchev–Trinajstić information content (AvgIpc) is 2.30. The zero-order valence-corrected chi connectivity index (χ0v) is 11.4. The lowest BCUT2D eigenvalue weighted by atomic mass is 9.64. The fourth-order valence-electron chi connectivity index (χ4n) is 3.66. The topological polar surface area (TPSA) is 0 Å². The van der Waals surface area contributed by atoms with E-state index in [0.29, 0.717) is 5.41 Å². The van der Waals surface area contributed by atoms with Gasteiger partial charge in [-0.05, 0) is 54.7 Å². The van der Waals surface area contributed by atoms with Crippen molar-refractivity contribution >= 4 is 15.9 Å². The maximum atomic E-state index is 3.69. The fourth-order valence-corrected chi connectivity index (χ4v) is 4.27. The summed E-state index contributed by atoms with van der Waals surface area (Å²) < 4.78 is 1.33. The molecule has 2 aliphatic rings. The first kappa shape index (κ1) is 10.8. The number of benzene rings is 1. The number of hydrogen-bond donors (Lipinski definition) is 0. The zero-order valence-electron chi connectivity index (χ0n) is 9.77. The molecule has 0 radical (unpaired) electrons. The Labute approximate surface area is 107 Å². The van der Waals surface area contributed by atoms with Gasteiger partial charge in [0.2, 0.25) is 0 Å². The van der Waals surface area contributed by atoms with Crippen molar-refractivity contribution < 1.29 is 0 Å². The van der Waals surface area contributed by atoms with Crippen molar-refractivity contribution in [2.45, 2.75) is 51.4 Å². The summed E-state index contributed by atoms with van der Waals surface area (Å²) in [5.74, 6) is 0. The Morgan fingerprint density at radius 1 is 1.00 bits per heavy atom. The summed E-state index contributed by atoms with van der Waals surface area (Å²) >= 11 is 3.69. The highest BCUT2D eigenvalue weighted by Crippen LogP contribution is 2.47. The highest BCUT2D eigenvalue weighted by atomic mass is 79.9. The minimum absolute atomic E-state index is 0.673. The van der Waals surface area contributed by atoms with Crippen LogP contribution in [-0.2, 0) is 12.8 Å². The van der Waals surface area contributed by atoms with Gasteiger partial charge in [0.1, 0.15) is 0 Å². The normalized spacial score (nSPS) is 23.1. The van der Waals surface area contributed by atoms with Gasteiger partial charge in [-0.2, -0.15) is 0 Å². The van der Waals surface area contributed by atoms with E-state index in [-0.39, 0.29) is 0 Å². The quantitative estimate of drug-likeness (QED) is 0.634. The maximum absolute atomic E-state index is 3.69. The van der Waals surface area contributed by atoms with Crippen molar-refractivity contribution in [1.29, 1.82) is 0 Å². The minimum Gasteiger partial charge on any atom is -0.0609 e. The molecule has 0 amide bonds. The van der Waals surface area contributed by atoms with Gasteiger partial charge in [-0.15, -0.1) is 0 Å². The summed E-state index contributed by atoms with van der Waals surface area (Å²) in [4.78, 5) is 0. The molecule has 0 N–H and O–H groups in total. The zero-order chi connectivity index (χ0) is 11.0. The first-order valence-electron chi connectivity index (χ1n) is 6.55. The van der Waals surface area contributed by atoms with Crippen LogP contribution in [0, 0.1) is 5.41 Å². The molecule has 0 atom stereocenters. The molecular weight excluding hydrogens is 260 g/mol. The van der Waals surface area contributed by atoms with Gasteiger partial charge in [-0.3, -0.25) is 0 Å². The van der Waals surface area contributed by atoms with Gasteiger partial charge in [-0.1, -0.05) is 47.3 Å². The van der Waals surface area contributed by atoms with E-state index in [2.05, 4.69) is 34.1 Å². The fraction of sp³-hybridized carbons (Fsp3) is 0.600. The minimum atomic E-state index is 0.673. The van der Waals surface area contributed by atoms with Crippen LogP contribution in [0.5, 0.6) is 0 Å². The van der Waals surface area contributed by atoms with Gasteiger partial charge < -0.3 is 0 Å². The Hall–Kier alpha value is -0.300. The molecule has 1 aromatic carbocycles. The Bertz CT molecular complexity index is 388. The number of hydrogen-bond acceptors (Lipinski definition) is 0. The predicted octanol–water partition coefficient (Wildman–Crippen LogP) is 4.89. The van der Waals surface area contributed by atoms with E-state index in [0.717, 1.165) is 0 Å². The second-order valence-corrected chi connectivity index (χ2v) is 6.47. The molecule has 1 aromatic rings. The van der Waals surface area contributed by atoms with E-state index in [1.807, 2.05) is 0 Å². The highest BCUT2D eigenvalue weighted by molar-refractivity contribution is 9.10. The van der Waals surface area contributed by atoms with Crippen LogP contribution in [0.15, 0.2) is 22.7 Å². The van der Waals surface area contributed by atoms with Crippen LogP contribution in [0.4, 0.5) is 0 Å². The first-order valence-corrected chi connectivity index (χ1v) is 7.35. The molecule has 0 unspecified atom stereocenters. The second kappa shape index (κ2) is 4.18. The lowest BCUT2D eigenvalue weighted by Crippen LogP contribution is -2.31. The summed E-state index contributed by atoms with van der Waals surface area (Å²) in [5, 5.41) is 0. The van der Waals surface area contributed by atoms with Crippen LogP contribution in [0.1, 0.15) is 49.7 Å². The van der Waals surface area contributed by atoms with Crippen LogP contribution in [0.2, 0.25) is 0 Å². The van der Waals surface area contributed by atoms with Gasteiger partial charge in [0, 0.05) is 4.47 Å². The van der Waals surface area contributed by atoms with Gasteiger partial charge in [-0.25, -0.2) is 0 Å². The molecular formula is C15H19Br. The Morgan fingerprint density at radius 2 is 1.81 bits per heavy atom. The molecule has 0 saturated heterocycles. The monoisotopic (exact) mass is 278 g/mol. The van der Waals surface area contributed by atoms with Crippen LogP contribution in [0.3, 0.4) is 0 Å². The molecule has 2 aliphatic carbocycles. The van der Waals surface area contributed by atoms with Crippen LogP contribution < -0.4 is 0 Å². The number of halogens is 1. The van der Waals surface area contributed by atoms with E-state index in [9.17, 15) is 0 Å². The van der Waals surface area contributed by atoms with Crippen molar-refractivity contribution in [1.82, 2.24) is 0 Å². The first-order chi connectivity index (χ1) is 7.79. The van der Waals surface area contributed by atoms with Crippen LogP contribution in [0.25, 0.3) is 0 Å². The third kappa shape index (κ3) is 1.84. The van der Waals surface area contributed by atoms with Crippen LogP contribution >= 0.6 is 15.9 Å². The Balaban J connectivity index is 1.91. The summed E-state index contributed by atoms with van der Waals surface area (Å²) in [5.41, 5.74) is 3.87. The molecule has 0 aliphatic heterocycles. The summed E-state index contributed by atoms with van der Waals surface area (Å²) in [6.45, 7) is 0. The van der Waals surface area contributed by atoms with Gasteiger partial charge in [0.25, 0.3) is 0 Å².